The SMILES string of the molecule is O=C(Nc1cccc(C(F)(F)F)c1)c1nn2c(c1Br)N[C@@H](c1ccccc1)C[C@@H]2C(F)(F)F. The van der Waals surface area contributed by atoms with E-state index in [1.54, 1.807) is 30.3 Å². The number of hydrogen-bond donors (Lipinski definition) is 2. The van der Waals surface area contributed by atoms with Crippen molar-refractivity contribution >= 4 is 33.3 Å². The normalized spacial score (nSPS) is 18.4. The zero-order valence-electron chi connectivity index (χ0n) is 16.5. The Kier molecular flexibility index (Phi) is 5.89. The van der Waals surface area contributed by atoms with Crippen molar-refractivity contribution in [2.45, 2.75) is 30.9 Å². The summed E-state index contributed by atoms with van der Waals surface area (Å²) in [5.74, 6) is -1.01. The number of carbonyl (C=O) groups is 1. The number of rotatable bonds is 3. The van der Waals surface area contributed by atoms with Gasteiger partial charge in [0.05, 0.1) is 16.1 Å². The van der Waals surface area contributed by atoms with Crippen LogP contribution >= 0.6 is 15.9 Å². The van der Waals surface area contributed by atoms with Crippen LogP contribution in [0.2, 0.25) is 0 Å². The van der Waals surface area contributed by atoms with E-state index >= 15 is 0 Å². The van der Waals surface area contributed by atoms with E-state index < -0.39 is 41.6 Å². The third-order valence-corrected chi connectivity index (χ3v) is 5.91. The molecule has 12 heteroatoms. The molecule has 1 aromatic heterocycles. The number of hydrogen-bond acceptors (Lipinski definition) is 3. The summed E-state index contributed by atoms with van der Waals surface area (Å²) >= 11 is 3.14. The molecule has 0 spiro atoms. The number of aromatic nitrogens is 2. The Morgan fingerprint density at radius 2 is 1.76 bits per heavy atom. The van der Waals surface area contributed by atoms with Crippen LogP contribution in [0.5, 0.6) is 0 Å². The third-order valence-electron chi connectivity index (χ3n) is 5.16. The summed E-state index contributed by atoms with van der Waals surface area (Å²) in [5.41, 5.74) is -0.915. The highest BCUT2D eigenvalue weighted by Crippen LogP contribution is 2.46. The van der Waals surface area contributed by atoms with Gasteiger partial charge in [-0.05, 0) is 39.7 Å². The first-order chi connectivity index (χ1) is 15.4. The molecule has 33 heavy (non-hydrogen) atoms. The molecule has 0 radical (unpaired) electrons. The molecule has 2 N–H and O–H groups in total. The Hall–Kier alpha value is -3.02. The van der Waals surface area contributed by atoms with Gasteiger partial charge in [0.1, 0.15) is 5.82 Å². The molecule has 1 aliphatic rings. The van der Waals surface area contributed by atoms with E-state index in [-0.39, 0.29) is 22.4 Å². The molecule has 2 aromatic carbocycles. The summed E-state index contributed by atoms with van der Waals surface area (Å²) in [5, 5.41) is 9.09. The molecule has 0 fully saturated rings. The molecular formula is C21H15BrF6N4O. The van der Waals surface area contributed by atoms with Gasteiger partial charge < -0.3 is 10.6 Å². The average molecular weight is 533 g/mol. The molecule has 5 nitrogen and oxygen atoms in total. The molecule has 3 aromatic rings. The minimum absolute atomic E-state index is 0.0261. The molecule has 0 saturated carbocycles. The fourth-order valence-corrected chi connectivity index (χ4v) is 4.16. The van der Waals surface area contributed by atoms with Gasteiger partial charge in [0.2, 0.25) is 0 Å². The molecule has 0 aliphatic carbocycles. The summed E-state index contributed by atoms with van der Waals surface area (Å²) in [6.45, 7) is 0. The number of benzene rings is 2. The minimum atomic E-state index is -4.65. The lowest BCUT2D eigenvalue weighted by Gasteiger charge is -2.33. The quantitative estimate of drug-likeness (QED) is 0.375. The summed E-state index contributed by atoms with van der Waals surface area (Å²) in [6.07, 6.45) is -9.63. The maximum absolute atomic E-state index is 13.8. The highest BCUT2D eigenvalue weighted by Gasteiger charge is 2.47. The van der Waals surface area contributed by atoms with Gasteiger partial charge in [-0.25, -0.2) is 4.68 Å². The van der Waals surface area contributed by atoms with E-state index in [1.165, 1.54) is 6.07 Å². The van der Waals surface area contributed by atoms with Crippen LogP contribution in [0, 0.1) is 0 Å². The molecule has 1 amide bonds. The van der Waals surface area contributed by atoms with Crippen LogP contribution in [0.25, 0.3) is 0 Å². The van der Waals surface area contributed by atoms with Crippen molar-refractivity contribution in [3.05, 3.63) is 75.9 Å². The van der Waals surface area contributed by atoms with Crippen molar-refractivity contribution in [2.75, 3.05) is 10.6 Å². The second kappa shape index (κ2) is 8.40. The van der Waals surface area contributed by atoms with Gasteiger partial charge in [-0.15, -0.1) is 0 Å². The largest absolute Gasteiger partial charge is 0.416 e. The zero-order chi connectivity index (χ0) is 24.0. The standard InChI is InChI=1S/C21H15BrF6N4O/c22-16-17(19(33)29-13-8-4-7-12(9-13)20(23,24)25)31-32-15(21(26,27)28)10-14(30-18(16)32)11-5-2-1-3-6-11/h1-9,14-15,30H,10H2,(H,29,33)/t14-,15-/m1/s1. The Morgan fingerprint density at radius 1 is 1.06 bits per heavy atom. The highest BCUT2D eigenvalue weighted by molar-refractivity contribution is 9.10. The smallest absolute Gasteiger partial charge is 0.362 e. The van der Waals surface area contributed by atoms with Crippen LogP contribution in [-0.2, 0) is 6.18 Å². The molecular weight excluding hydrogens is 518 g/mol. The summed E-state index contributed by atoms with van der Waals surface area (Å²) < 4.78 is 81.0. The molecule has 0 saturated heterocycles. The molecule has 4 rings (SSSR count). The fourth-order valence-electron chi connectivity index (χ4n) is 3.60. The van der Waals surface area contributed by atoms with Crippen LogP contribution in [0.4, 0.5) is 37.8 Å². The summed E-state index contributed by atoms with van der Waals surface area (Å²) in [7, 11) is 0. The van der Waals surface area contributed by atoms with E-state index in [0.717, 1.165) is 18.2 Å². The highest BCUT2D eigenvalue weighted by atomic mass is 79.9. The van der Waals surface area contributed by atoms with Gasteiger partial charge in [-0.3, -0.25) is 4.79 Å². The number of halogens is 7. The van der Waals surface area contributed by atoms with Crippen molar-refractivity contribution < 1.29 is 31.1 Å². The van der Waals surface area contributed by atoms with E-state index in [4.69, 9.17) is 0 Å². The second-order valence-corrected chi connectivity index (χ2v) is 8.18. The van der Waals surface area contributed by atoms with Crippen LogP contribution in [0.15, 0.2) is 59.1 Å². The third kappa shape index (κ3) is 4.70. The maximum Gasteiger partial charge on any atom is 0.416 e. The minimum Gasteiger partial charge on any atom is -0.362 e. The molecule has 174 valence electrons. The topological polar surface area (TPSA) is 59.0 Å². The van der Waals surface area contributed by atoms with Gasteiger partial charge in [-0.1, -0.05) is 36.4 Å². The van der Waals surface area contributed by atoms with Crippen molar-refractivity contribution in [3.63, 3.8) is 0 Å². The zero-order valence-corrected chi connectivity index (χ0v) is 18.1. The number of amides is 1. The van der Waals surface area contributed by atoms with Gasteiger partial charge in [-0.2, -0.15) is 31.4 Å². The fraction of sp³-hybridized carbons (Fsp3) is 0.238. The first-order valence-corrected chi connectivity index (χ1v) is 10.4. The van der Waals surface area contributed by atoms with Crippen LogP contribution in [0.1, 0.15) is 40.1 Å². The lowest BCUT2D eigenvalue weighted by molar-refractivity contribution is -0.173. The first kappa shape index (κ1) is 23.1. The summed E-state index contributed by atoms with van der Waals surface area (Å²) in [6, 6.07) is 9.72. The number of fused-ring (bicyclic) bond motifs is 1. The lowest BCUT2D eigenvalue weighted by atomic mass is 9.97. The maximum atomic E-state index is 13.8. The van der Waals surface area contributed by atoms with Gasteiger partial charge >= 0.3 is 12.4 Å². The second-order valence-electron chi connectivity index (χ2n) is 7.39. The van der Waals surface area contributed by atoms with Crippen LogP contribution in [-0.4, -0.2) is 21.9 Å². The Morgan fingerprint density at radius 3 is 2.39 bits per heavy atom. The van der Waals surface area contributed by atoms with Gasteiger partial charge in [0.15, 0.2) is 11.7 Å². The Bertz CT molecular complexity index is 1180. The number of nitrogens with zero attached hydrogens (tertiary/aromatic N) is 2. The van der Waals surface area contributed by atoms with Crippen LogP contribution in [0.3, 0.4) is 0 Å². The van der Waals surface area contributed by atoms with Crippen molar-refractivity contribution in [3.8, 4) is 0 Å². The molecule has 2 atom stereocenters. The number of nitrogens with one attached hydrogen (secondary N) is 2. The monoisotopic (exact) mass is 532 g/mol. The van der Waals surface area contributed by atoms with Crippen molar-refractivity contribution in [2.24, 2.45) is 0 Å². The van der Waals surface area contributed by atoms with Gasteiger partial charge in [0, 0.05) is 12.1 Å². The predicted molar refractivity (Wildman–Crippen MR) is 112 cm³/mol. The van der Waals surface area contributed by atoms with Crippen molar-refractivity contribution in [1.29, 1.82) is 0 Å². The number of carbonyl (C=O) groups excluding carboxylic acids is 1. The van der Waals surface area contributed by atoms with Crippen LogP contribution < -0.4 is 10.6 Å². The number of alkyl halides is 6. The molecule has 2 heterocycles. The molecule has 0 bridgehead atoms. The van der Waals surface area contributed by atoms with E-state index in [9.17, 15) is 31.1 Å². The Balaban J connectivity index is 1.68. The van der Waals surface area contributed by atoms with E-state index in [0.29, 0.717) is 10.2 Å². The molecule has 0 unspecified atom stereocenters. The van der Waals surface area contributed by atoms with Gasteiger partial charge in [0.25, 0.3) is 5.91 Å². The lowest BCUT2D eigenvalue weighted by Crippen LogP contribution is -2.35. The molecule has 1 aliphatic heterocycles. The predicted octanol–water partition coefficient (Wildman–Crippen LogP) is 6.58. The van der Waals surface area contributed by atoms with E-state index in [1.807, 2.05) is 0 Å². The summed E-state index contributed by atoms with van der Waals surface area (Å²) in [4.78, 5) is 12.7. The number of anilines is 2. The van der Waals surface area contributed by atoms with E-state index in [2.05, 4.69) is 31.7 Å². The van der Waals surface area contributed by atoms with Crippen molar-refractivity contribution in [1.82, 2.24) is 9.78 Å². The average Bonchev–Trinajstić information content (AvgIpc) is 3.09. The first-order valence-electron chi connectivity index (χ1n) is 9.60. The Labute approximate surface area is 191 Å².